The van der Waals surface area contributed by atoms with Gasteiger partial charge in [-0.1, -0.05) is 17.9 Å². The van der Waals surface area contributed by atoms with E-state index in [1.807, 2.05) is 29.6 Å². The number of nitrogens with one attached hydrogen (secondary N) is 4. The van der Waals surface area contributed by atoms with Crippen LogP contribution >= 0.6 is 11.3 Å². The molecule has 0 radical (unpaired) electrons. The molecule has 0 aliphatic heterocycles. The van der Waals surface area contributed by atoms with Crippen molar-refractivity contribution < 1.29 is 19.6 Å². The number of rotatable bonds is 9. The number of anilines is 1. The summed E-state index contributed by atoms with van der Waals surface area (Å²) in [5.74, 6) is 4.63. The third-order valence-electron chi connectivity index (χ3n) is 4.80. The first kappa shape index (κ1) is 25.6. The first-order valence-corrected chi connectivity index (χ1v) is 11.6. The number of nitrogens with two attached hydrogens (primary N) is 1. The molecule has 2 aromatic carbocycles. The minimum atomic E-state index is -1.04. The second-order valence-electron chi connectivity index (χ2n) is 7.37. The van der Waals surface area contributed by atoms with Gasteiger partial charge in [0.25, 0.3) is 11.8 Å². The normalized spacial score (nSPS) is 11.0. The van der Waals surface area contributed by atoms with Gasteiger partial charge in [-0.25, -0.2) is 5.48 Å². The van der Waals surface area contributed by atoms with Gasteiger partial charge in [0.15, 0.2) is 0 Å². The van der Waals surface area contributed by atoms with E-state index in [1.165, 1.54) is 10.4 Å². The van der Waals surface area contributed by atoms with E-state index >= 15 is 0 Å². The minimum absolute atomic E-state index is 0.126. The molecular weight excluding hydrogens is 466 g/mol. The zero-order chi connectivity index (χ0) is 25.0. The zero-order valence-corrected chi connectivity index (χ0v) is 19.5. The monoisotopic (exact) mass is 491 g/mol. The molecule has 1 aromatic heterocycles. The van der Waals surface area contributed by atoms with Gasteiger partial charge in [-0.2, -0.15) is 0 Å². The third kappa shape index (κ3) is 8.06. The van der Waals surface area contributed by atoms with E-state index in [0.717, 1.165) is 5.56 Å². The first-order valence-electron chi connectivity index (χ1n) is 10.7. The summed E-state index contributed by atoms with van der Waals surface area (Å²) >= 11 is 1.64. The van der Waals surface area contributed by atoms with Crippen LogP contribution in [0.5, 0.6) is 0 Å². The average Bonchev–Trinajstić information content (AvgIpc) is 3.40. The van der Waals surface area contributed by atoms with Crippen molar-refractivity contribution in [1.29, 1.82) is 0 Å². The Morgan fingerprint density at radius 2 is 1.63 bits per heavy atom. The summed E-state index contributed by atoms with van der Waals surface area (Å²) in [6.45, 7) is 0.714. The quantitative estimate of drug-likeness (QED) is 0.152. The van der Waals surface area contributed by atoms with Crippen LogP contribution in [0, 0.1) is 11.8 Å². The van der Waals surface area contributed by atoms with E-state index in [-0.39, 0.29) is 19.0 Å². The van der Waals surface area contributed by atoms with Crippen molar-refractivity contribution >= 4 is 34.7 Å². The number of benzene rings is 2. The largest absolute Gasteiger partial charge is 0.339 e. The van der Waals surface area contributed by atoms with E-state index < -0.39 is 17.9 Å². The Kier molecular flexibility index (Phi) is 9.53. The lowest BCUT2D eigenvalue weighted by Gasteiger charge is -2.14. The Morgan fingerprint density at radius 1 is 0.971 bits per heavy atom. The molecule has 1 atom stereocenters. The van der Waals surface area contributed by atoms with E-state index in [9.17, 15) is 14.4 Å². The lowest BCUT2D eigenvalue weighted by molar-refractivity contribution is -0.130. The summed E-state index contributed by atoms with van der Waals surface area (Å²) in [6, 6.07) is 16.7. The molecule has 7 N–H and O–H groups in total. The van der Waals surface area contributed by atoms with Crippen LogP contribution < -0.4 is 27.2 Å². The molecule has 0 fully saturated rings. The van der Waals surface area contributed by atoms with Crippen LogP contribution in [0.15, 0.2) is 66.0 Å². The molecule has 3 amide bonds. The zero-order valence-electron chi connectivity index (χ0n) is 18.7. The number of carbonyl (C=O) groups excluding carboxylic acids is 3. The van der Waals surface area contributed by atoms with Crippen molar-refractivity contribution in [3.63, 3.8) is 0 Å². The predicted octanol–water partition coefficient (Wildman–Crippen LogP) is 1.44. The summed E-state index contributed by atoms with van der Waals surface area (Å²) in [5, 5.41) is 19.1. The fourth-order valence-corrected chi connectivity index (χ4v) is 3.63. The van der Waals surface area contributed by atoms with Crippen LogP contribution in [0.2, 0.25) is 0 Å². The highest BCUT2D eigenvalue weighted by Gasteiger charge is 2.19. The second-order valence-corrected chi connectivity index (χ2v) is 8.41. The molecule has 0 spiro atoms. The molecule has 35 heavy (non-hydrogen) atoms. The van der Waals surface area contributed by atoms with Crippen LogP contribution in [-0.2, 0) is 16.1 Å². The highest BCUT2D eigenvalue weighted by atomic mass is 32.1. The van der Waals surface area contributed by atoms with E-state index in [2.05, 4.69) is 27.8 Å². The molecule has 9 nitrogen and oxygen atoms in total. The van der Waals surface area contributed by atoms with Crippen molar-refractivity contribution in [2.24, 2.45) is 5.73 Å². The van der Waals surface area contributed by atoms with Crippen LogP contribution in [0.1, 0.15) is 26.4 Å². The molecule has 0 saturated carbocycles. The van der Waals surface area contributed by atoms with Crippen molar-refractivity contribution in [3.8, 4) is 11.8 Å². The van der Waals surface area contributed by atoms with Gasteiger partial charge in [0.1, 0.15) is 6.04 Å². The molecule has 0 unspecified atom stereocenters. The summed E-state index contributed by atoms with van der Waals surface area (Å²) in [5.41, 5.74) is 9.36. The maximum atomic E-state index is 12.2. The molecule has 0 saturated heterocycles. The number of carbonyl (C=O) groups is 3. The summed E-state index contributed by atoms with van der Waals surface area (Å²) < 4.78 is 0. The fourth-order valence-electron chi connectivity index (χ4n) is 2.95. The van der Waals surface area contributed by atoms with Gasteiger partial charge in [-0.3, -0.25) is 19.6 Å². The molecule has 1 heterocycles. The van der Waals surface area contributed by atoms with Crippen molar-refractivity contribution in [1.82, 2.24) is 16.1 Å². The number of hydroxylamine groups is 1. The second kappa shape index (κ2) is 13.0. The predicted molar refractivity (Wildman–Crippen MR) is 134 cm³/mol. The Hall–Kier alpha value is -4.01. The van der Waals surface area contributed by atoms with Crippen LogP contribution in [0.4, 0.5) is 5.69 Å². The maximum absolute atomic E-state index is 12.2. The van der Waals surface area contributed by atoms with Gasteiger partial charge in [0, 0.05) is 40.3 Å². The minimum Gasteiger partial charge on any atom is -0.339 e. The smallest absolute Gasteiger partial charge is 0.267 e. The van der Waals surface area contributed by atoms with Gasteiger partial charge in [-0.15, -0.1) is 11.3 Å². The number of amides is 3. The van der Waals surface area contributed by atoms with E-state index in [0.29, 0.717) is 23.4 Å². The molecule has 180 valence electrons. The lowest BCUT2D eigenvalue weighted by atomic mass is 10.1. The topological polar surface area (TPSA) is 146 Å². The lowest BCUT2D eigenvalue weighted by Crippen LogP contribution is -2.50. The van der Waals surface area contributed by atoms with Crippen molar-refractivity contribution in [2.75, 3.05) is 18.4 Å². The summed E-state index contributed by atoms with van der Waals surface area (Å²) in [7, 11) is 0. The number of thiophene rings is 1. The molecule has 0 aliphatic carbocycles. The Labute approximate surface area is 206 Å². The molecule has 10 heteroatoms. The molecule has 3 aromatic rings. The summed E-state index contributed by atoms with van der Waals surface area (Å²) in [6.07, 6.45) is 0. The van der Waals surface area contributed by atoms with Crippen LogP contribution in [-0.4, -0.2) is 42.1 Å². The standard InChI is InChI=1S/C25H25N5O4S/c26-14-22(25(33)30-34)29-24(32)19-9-5-17(6-10-19)3-4-18-7-11-20(12-8-18)28-23(31)16-27-15-21-2-1-13-35-21/h1-2,5-13,22,27,34H,14-16,26H2,(H,28,31)(H,29,32)(H,30,33)/t22-/m0/s1. The van der Waals surface area contributed by atoms with Crippen molar-refractivity contribution in [3.05, 3.63) is 87.6 Å². The van der Waals surface area contributed by atoms with Crippen LogP contribution in [0.3, 0.4) is 0 Å². The third-order valence-corrected chi connectivity index (χ3v) is 5.68. The number of hydrogen-bond donors (Lipinski definition) is 6. The molecular formula is C25H25N5O4S. The van der Waals surface area contributed by atoms with E-state index in [1.54, 1.807) is 47.7 Å². The molecule has 3 rings (SSSR count). The van der Waals surface area contributed by atoms with E-state index in [4.69, 9.17) is 10.9 Å². The Bertz CT molecular complexity index is 1200. The molecule has 0 aliphatic rings. The highest BCUT2D eigenvalue weighted by Crippen LogP contribution is 2.10. The molecule has 0 bridgehead atoms. The van der Waals surface area contributed by atoms with Gasteiger partial charge in [0.05, 0.1) is 6.54 Å². The first-order chi connectivity index (χ1) is 17.0. The Morgan fingerprint density at radius 3 is 2.20 bits per heavy atom. The van der Waals surface area contributed by atoms with Gasteiger partial charge in [0.2, 0.25) is 5.91 Å². The average molecular weight is 492 g/mol. The maximum Gasteiger partial charge on any atom is 0.267 e. The SMILES string of the molecule is NC[C@H](NC(=O)c1ccc(C#Cc2ccc(NC(=O)CNCc3cccs3)cc2)cc1)C(=O)NO. The van der Waals surface area contributed by atoms with Gasteiger partial charge in [-0.05, 0) is 60.0 Å². The number of hydrogen-bond acceptors (Lipinski definition) is 7. The van der Waals surface area contributed by atoms with Crippen LogP contribution in [0.25, 0.3) is 0 Å². The fraction of sp³-hybridized carbons (Fsp3) is 0.160. The van der Waals surface area contributed by atoms with Gasteiger partial charge >= 0.3 is 0 Å². The highest BCUT2D eigenvalue weighted by molar-refractivity contribution is 7.09. The van der Waals surface area contributed by atoms with Crippen molar-refractivity contribution in [2.45, 2.75) is 12.6 Å². The summed E-state index contributed by atoms with van der Waals surface area (Å²) in [4.78, 5) is 36.9. The Balaban J connectivity index is 1.50. The van der Waals surface area contributed by atoms with Gasteiger partial charge < -0.3 is 21.7 Å².